The van der Waals surface area contributed by atoms with Crippen molar-refractivity contribution in [1.29, 1.82) is 0 Å². The first kappa shape index (κ1) is 22.0. The van der Waals surface area contributed by atoms with Crippen LogP contribution in [-0.4, -0.2) is 52.1 Å². The van der Waals surface area contributed by atoms with E-state index in [0.29, 0.717) is 21.7 Å². The molecule has 1 atom stereocenters. The Hall–Kier alpha value is -2.73. The summed E-state index contributed by atoms with van der Waals surface area (Å²) in [5.41, 5.74) is 4.53. The molecule has 6 nitrogen and oxygen atoms in total. The van der Waals surface area contributed by atoms with Gasteiger partial charge in [-0.25, -0.2) is 0 Å². The quantitative estimate of drug-likeness (QED) is 0.756. The van der Waals surface area contributed by atoms with Gasteiger partial charge >= 0.3 is 0 Å². The maximum atomic E-state index is 12.6. The fourth-order valence-electron chi connectivity index (χ4n) is 4.69. The second kappa shape index (κ2) is 8.19. The summed E-state index contributed by atoms with van der Waals surface area (Å²) in [6, 6.07) is 4.95. The SMILES string of the molecule is CCc1c2c(c(OC)c(OC)c1OC)-c1ccc(O)c(=O)cc1[C@@H]([N+](C)(C)C)CC2. The van der Waals surface area contributed by atoms with Crippen LogP contribution in [0.1, 0.15) is 36.1 Å². The van der Waals surface area contributed by atoms with Crippen molar-refractivity contribution in [3.8, 4) is 34.1 Å². The molecule has 30 heavy (non-hydrogen) atoms. The van der Waals surface area contributed by atoms with Crippen LogP contribution in [0.25, 0.3) is 11.1 Å². The molecule has 0 saturated carbocycles. The van der Waals surface area contributed by atoms with Crippen LogP contribution in [0.5, 0.6) is 23.0 Å². The zero-order valence-electron chi connectivity index (χ0n) is 19.0. The Morgan fingerprint density at radius 1 is 1.03 bits per heavy atom. The van der Waals surface area contributed by atoms with Gasteiger partial charge in [0.25, 0.3) is 0 Å². The fraction of sp³-hybridized carbons (Fsp3) is 0.458. The van der Waals surface area contributed by atoms with Crippen molar-refractivity contribution in [1.82, 2.24) is 0 Å². The van der Waals surface area contributed by atoms with Crippen molar-refractivity contribution in [2.75, 3.05) is 42.5 Å². The predicted molar refractivity (Wildman–Crippen MR) is 118 cm³/mol. The lowest BCUT2D eigenvalue weighted by Crippen LogP contribution is -2.39. The largest absolute Gasteiger partial charge is 0.504 e. The van der Waals surface area contributed by atoms with Crippen LogP contribution in [-0.2, 0) is 12.8 Å². The first-order valence-electron chi connectivity index (χ1n) is 10.2. The van der Waals surface area contributed by atoms with Crippen LogP contribution >= 0.6 is 0 Å². The minimum Gasteiger partial charge on any atom is -0.504 e. The van der Waals surface area contributed by atoms with E-state index in [1.165, 1.54) is 6.07 Å². The molecule has 0 aliphatic heterocycles. The highest BCUT2D eigenvalue weighted by atomic mass is 16.5. The molecular weight excluding hydrogens is 382 g/mol. The molecule has 1 aliphatic rings. The average molecular weight is 415 g/mol. The van der Waals surface area contributed by atoms with Gasteiger partial charge in [0.2, 0.25) is 11.2 Å². The summed E-state index contributed by atoms with van der Waals surface area (Å²) in [4.78, 5) is 12.6. The number of rotatable bonds is 5. The molecule has 0 unspecified atom stereocenters. The fourth-order valence-corrected chi connectivity index (χ4v) is 4.69. The van der Waals surface area contributed by atoms with Gasteiger partial charge in [-0.3, -0.25) is 4.79 Å². The summed E-state index contributed by atoms with van der Waals surface area (Å²) in [6.07, 6.45) is 2.43. The Balaban J connectivity index is 2.55. The third-order valence-electron chi connectivity index (χ3n) is 6.03. The zero-order valence-corrected chi connectivity index (χ0v) is 19.0. The molecule has 6 heteroatoms. The monoisotopic (exact) mass is 414 g/mol. The number of ether oxygens (including phenoxy) is 3. The van der Waals surface area contributed by atoms with E-state index < -0.39 is 0 Å². The van der Waals surface area contributed by atoms with Gasteiger partial charge in [-0.1, -0.05) is 6.92 Å². The molecule has 0 saturated heterocycles. The minimum atomic E-state index is -0.381. The van der Waals surface area contributed by atoms with Gasteiger partial charge in [-0.2, -0.15) is 0 Å². The van der Waals surface area contributed by atoms with Gasteiger partial charge in [-0.15, -0.1) is 0 Å². The maximum absolute atomic E-state index is 12.6. The number of hydrogen-bond acceptors (Lipinski definition) is 5. The lowest BCUT2D eigenvalue weighted by atomic mass is 9.90. The first-order chi connectivity index (χ1) is 14.2. The molecule has 1 aliphatic carbocycles. The molecule has 0 amide bonds. The van der Waals surface area contributed by atoms with Crippen molar-refractivity contribution in [2.45, 2.75) is 32.2 Å². The van der Waals surface area contributed by atoms with Crippen molar-refractivity contribution in [3.63, 3.8) is 0 Å². The van der Waals surface area contributed by atoms with Crippen LogP contribution < -0.4 is 19.6 Å². The molecule has 3 rings (SSSR count). The van der Waals surface area contributed by atoms with E-state index in [1.807, 2.05) is 6.07 Å². The molecule has 162 valence electrons. The first-order valence-corrected chi connectivity index (χ1v) is 10.2. The van der Waals surface area contributed by atoms with Crippen LogP contribution in [0, 0.1) is 0 Å². The molecule has 1 N–H and O–H groups in total. The number of nitrogens with zero attached hydrogens (tertiary/aromatic N) is 1. The molecule has 2 aromatic carbocycles. The van der Waals surface area contributed by atoms with Crippen LogP contribution in [0.4, 0.5) is 0 Å². The smallest absolute Gasteiger partial charge is 0.220 e. The molecule has 0 heterocycles. The number of hydrogen-bond donors (Lipinski definition) is 1. The normalized spacial score (nSPS) is 15.6. The maximum Gasteiger partial charge on any atom is 0.220 e. The number of quaternary nitrogens is 1. The van der Waals surface area contributed by atoms with E-state index >= 15 is 0 Å². The highest BCUT2D eigenvalue weighted by Crippen LogP contribution is 2.53. The van der Waals surface area contributed by atoms with E-state index in [2.05, 4.69) is 28.1 Å². The summed E-state index contributed by atoms with van der Waals surface area (Å²) in [5.74, 6) is 1.56. The van der Waals surface area contributed by atoms with Crippen molar-refractivity contribution in [3.05, 3.63) is 45.1 Å². The van der Waals surface area contributed by atoms with E-state index in [-0.39, 0.29) is 17.2 Å². The van der Waals surface area contributed by atoms with Crippen molar-refractivity contribution < 1.29 is 23.8 Å². The van der Waals surface area contributed by atoms with Crippen LogP contribution in [0.2, 0.25) is 0 Å². The third kappa shape index (κ3) is 3.49. The highest BCUT2D eigenvalue weighted by Gasteiger charge is 2.36. The topological polar surface area (TPSA) is 65.0 Å². The zero-order chi connectivity index (χ0) is 22.2. The van der Waals surface area contributed by atoms with Gasteiger partial charge in [-0.05, 0) is 42.2 Å². The van der Waals surface area contributed by atoms with Crippen molar-refractivity contribution in [2.24, 2.45) is 0 Å². The third-order valence-corrected chi connectivity index (χ3v) is 6.03. The predicted octanol–water partition coefficient (Wildman–Crippen LogP) is 3.70. The number of fused-ring (bicyclic) bond motifs is 3. The van der Waals surface area contributed by atoms with Gasteiger partial charge in [0, 0.05) is 23.1 Å². The summed E-state index contributed by atoms with van der Waals surface area (Å²) in [6.45, 7) is 2.10. The molecular formula is C24H32NO5+. The average Bonchev–Trinajstić information content (AvgIpc) is 2.94. The second-order valence-corrected chi connectivity index (χ2v) is 8.55. The second-order valence-electron chi connectivity index (χ2n) is 8.55. The minimum absolute atomic E-state index is 0.0679. The highest BCUT2D eigenvalue weighted by molar-refractivity contribution is 5.84. The lowest BCUT2D eigenvalue weighted by Gasteiger charge is -2.34. The molecule has 0 fully saturated rings. The van der Waals surface area contributed by atoms with Crippen LogP contribution in [0.3, 0.4) is 0 Å². The summed E-state index contributed by atoms with van der Waals surface area (Å²) in [5, 5.41) is 10.2. The Labute approximate surface area is 178 Å². The Kier molecular flexibility index (Phi) is 5.99. The molecule has 0 spiro atoms. The van der Waals surface area contributed by atoms with Crippen LogP contribution in [0.15, 0.2) is 23.0 Å². The molecule has 2 aromatic rings. The number of methoxy groups -OCH3 is 3. The van der Waals surface area contributed by atoms with E-state index in [4.69, 9.17) is 14.2 Å². The Bertz CT molecular complexity index is 1020. The number of benzene rings is 1. The Morgan fingerprint density at radius 2 is 1.67 bits per heavy atom. The summed E-state index contributed by atoms with van der Waals surface area (Å²) >= 11 is 0. The van der Waals surface area contributed by atoms with E-state index in [0.717, 1.165) is 47.1 Å². The summed E-state index contributed by atoms with van der Waals surface area (Å²) < 4.78 is 18.0. The molecule has 0 aromatic heterocycles. The molecule has 0 radical (unpaired) electrons. The summed E-state index contributed by atoms with van der Waals surface area (Å²) in [7, 11) is 11.2. The van der Waals surface area contributed by atoms with Crippen molar-refractivity contribution >= 4 is 0 Å². The number of aromatic hydroxyl groups is 1. The lowest BCUT2D eigenvalue weighted by molar-refractivity contribution is -0.902. The molecule has 0 bridgehead atoms. The van der Waals surface area contributed by atoms with Gasteiger partial charge in [0.15, 0.2) is 17.2 Å². The standard InChI is InChI=1S/C24H31NO5/c1-8-14-15-9-11-18(25(2,3)4)17-13-20(27)19(26)12-10-16(17)21(15)23(29-6)24(30-7)22(14)28-5/h10,12-13,18H,8-9,11H2,1-7H3/p+1/t18-/m0/s1. The Morgan fingerprint density at radius 3 is 2.20 bits per heavy atom. The van der Waals surface area contributed by atoms with Gasteiger partial charge in [0.1, 0.15) is 6.04 Å². The van der Waals surface area contributed by atoms with E-state index in [9.17, 15) is 9.90 Å². The van der Waals surface area contributed by atoms with E-state index in [1.54, 1.807) is 27.4 Å². The van der Waals surface area contributed by atoms with Gasteiger partial charge in [0.05, 0.1) is 42.5 Å². The van der Waals surface area contributed by atoms with Gasteiger partial charge < -0.3 is 23.8 Å².